The lowest BCUT2D eigenvalue weighted by molar-refractivity contribution is -0.152. The molecule has 142 valence electrons. The maximum atomic E-state index is 12.8. The van der Waals surface area contributed by atoms with Gasteiger partial charge in [-0.25, -0.2) is 0 Å². The first-order valence-electron chi connectivity index (χ1n) is 9.37. The van der Waals surface area contributed by atoms with Crippen LogP contribution in [-0.2, 0) is 14.3 Å². The van der Waals surface area contributed by atoms with E-state index in [-0.39, 0.29) is 29.6 Å². The summed E-state index contributed by atoms with van der Waals surface area (Å²) in [7, 11) is 0. The van der Waals surface area contributed by atoms with E-state index >= 15 is 0 Å². The molecule has 2 aliphatic heterocycles. The SMILES string of the molecule is CCOC(=O)C1CCCN(C(=O)C2CCN(C(=O)c3ccoc3)CC2)C1. The Balaban J connectivity index is 1.51. The maximum absolute atomic E-state index is 12.8. The number of likely N-dealkylation sites (tertiary alicyclic amines) is 2. The summed E-state index contributed by atoms with van der Waals surface area (Å²) in [5.41, 5.74) is 0.545. The van der Waals surface area contributed by atoms with Gasteiger partial charge < -0.3 is 19.0 Å². The van der Waals surface area contributed by atoms with Crippen LogP contribution in [0.5, 0.6) is 0 Å². The van der Waals surface area contributed by atoms with E-state index in [0.29, 0.717) is 51.2 Å². The Morgan fingerprint density at radius 3 is 2.54 bits per heavy atom. The molecule has 0 bridgehead atoms. The molecule has 2 fully saturated rings. The zero-order chi connectivity index (χ0) is 18.5. The van der Waals surface area contributed by atoms with Crippen LogP contribution in [0, 0.1) is 11.8 Å². The Labute approximate surface area is 153 Å². The van der Waals surface area contributed by atoms with Gasteiger partial charge in [-0.05, 0) is 38.7 Å². The van der Waals surface area contributed by atoms with Gasteiger partial charge in [0, 0.05) is 32.1 Å². The molecule has 0 aliphatic carbocycles. The third-order valence-electron chi connectivity index (χ3n) is 5.25. The van der Waals surface area contributed by atoms with E-state index in [1.165, 1.54) is 12.5 Å². The number of nitrogens with zero attached hydrogens (tertiary/aromatic N) is 2. The highest BCUT2D eigenvalue weighted by Gasteiger charge is 2.34. The first-order valence-corrected chi connectivity index (χ1v) is 9.37. The Morgan fingerprint density at radius 1 is 1.12 bits per heavy atom. The predicted molar refractivity (Wildman–Crippen MR) is 93.3 cm³/mol. The monoisotopic (exact) mass is 362 g/mol. The highest BCUT2D eigenvalue weighted by Crippen LogP contribution is 2.25. The smallest absolute Gasteiger partial charge is 0.310 e. The second kappa shape index (κ2) is 8.38. The fourth-order valence-electron chi connectivity index (χ4n) is 3.79. The molecule has 1 aromatic heterocycles. The van der Waals surface area contributed by atoms with Crippen molar-refractivity contribution in [1.29, 1.82) is 0 Å². The molecule has 0 N–H and O–H groups in total. The van der Waals surface area contributed by atoms with Gasteiger partial charge >= 0.3 is 5.97 Å². The summed E-state index contributed by atoms with van der Waals surface area (Å²) in [6.07, 6.45) is 5.85. The van der Waals surface area contributed by atoms with Crippen molar-refractivity contribution >= 4 is 17.8 Å². The molecular formula is C19H26N2O5. The summed E-state index contributed by atoms with van der Waals surface area (Å²) < 4.78 is 10.1. The summed E-state index contributed by atoms with van der Waals surface area (Å²) in [6, 6.07) is 1.66. The molecule has 0 saturated carbocycles. The van der Waals surface area contributed by atoms with E-state index in [0.717, 1.165) is 12.8 Å². The minimum absolute atomic E-state index is 0.0509. The number of carbonyl (C=O) groups is 3. The average Bonchev–Trinajstić information content (AvgIpc) is 3.22. The summed E-state index contributed by atoms with van der Waals surface area (Å²) in [6.45, 7) is 4.44. The van der Waals surface area contributed by atoms with Gasteiger partial charge in [0.25, 0.3) is 5.91 Å². The molecule has 7 heteroatoms. The third-order valence-corrected chi connectivity index (χ3v) is 5.25. The number of hydrogen-bond donors (Lipinski definition) is 0. The van der Waals surface area contributed by atoms with E-state index in [9.17, 15) is 14.4 Å². The molecule has 3 heterocycles. The van der Waals surface area contributed by atoms with Gasteiger partial charge in [-0.2, -0.15) is 0 Å². The molecule has 1 atom stereocenters. The fraction of sp³-hybridized carbons (Fsp3) is 0.632. The van der Waals surface area contributed by atoms with Crippen molar-refractivity contribution in [3.63, 3.8) is 0 Å². The van der Waals surface area contributed by atoms with Gasteiger partial charge in [0.15, 0.2) is 0 Å². The Morgan fingerprint density at radius 2 is 1.88 bits per heavy atom. The van der Waals surface area contributed by atoms with E-state index in [2.05, 4.69) is 0 Å². The minimum atomic E-state index is -0.213. The van der Waals surface area contributed by atoms with E-state index in [1.807, 2.05) is 4.90 Å². The second-order valence-electron chi connectivity index (χ2n) is 6.95. The number of furan rings is 1. The van der Waals surface area contributed by atoms with Crippen molar-refractivity contribution in [1.82, 2.24) is 9.80 Å². The first-order chi connectivity index (χ1) is 12.6. The number of esters is 1. The lowest BCUT2D eigenvalue weighted by Crippen LogP contribution is -2.48. The summed E-state index contributed by atoms with van der Waals surface area (Å²) in [4.78, 5) is 40.7. The molecule has 0 aromatic carbocycles. The lowest BCUT2D eigenvalue weighted by atomic mass is 9.92. The summed E-state index contributed by atoms with van der Waals surface area (Å²) >= 11 is 0. The van der Waals surface area contributed by atoms with Crippen LogP contribution >= 0.6 is 0 Å². The standard InChI is InChI=1S/C19H26N2O5/c1-2-26-19(24)15-4-3-8-21(12-15)17(22)14-5-9-20(10-6-14)18(23)16-7-11-25-13-16/h7,11,13-15H,2-6,8-10,12H2,1H3. The van der Waals surface area contributed by atoms with Crippen LogP contribution in [0.4, 0.5) is 0 Å². The molecule has 1 aromatic rings. The summed E-state index contributed by atoms with van der Waals surface area (Å²) in [5.74, 6) is -0.440. The van der Waals surface area contributed by atoms with Gasteiger partial charge in [-0.1, -0.05) is 0 Å². The van der Waals surface area contributed by atoms with Gasteiger partial charge in [-0.3, -0.25) is 14.4 Å². The van der Waals surface area contributed by atoms with Gasteiger partial charge in [-0.15, -0.1) is 0 Å². The topological polar surface area (TPSA) is 80.1 Å². The van der Waals surface area contributed by atoms with Crippen molar-refractivity contribution in [2.45, 2.75) is 32.6 Å². The van der Waals surface area contributed by atoms with Crippen molar-refractivity contribution in [3.8, 4) is 0 Å². The zero-order valence-electron chi connectivity index (χ0n) is 15.2. The quantitative estimate of drug-likeness (QED) is 0.765. The van der Waals surface area contributed by atoms with E-state index in [4.69, 9.17) is 9.15 Å². The van der Waals surface area contributed by atoms with Crippen molar-refractivity contribution < 1.29 is 23.5 Å². The maximum Gasteiger partial charge on any atom is 0.310 e. The van der Waals surface area contributed by atoms with Gasteiger partial charge in [0.05, 0.1) is 24.4 Å². The molecule has 2 aliphatic rings. The molecular weight excluding hydrogens is 336 g/mol. The molecule has 0 spiro atoms. The molecule has 3 rings (SSSR count). The van der Waals surface area contributed by atoms with Crippen LogP contribution in [0.1, 0.15) is 43.0 Å². The van der Waals surface area contributed by atoms with Crippen LogP contribution in [-0.4, -0.2) is 60.4 Å². The zero-order valence-corrected chi connectivity index (χ0v) is 15.2. The molecule has 7 nitrogen and oxygen atoms in total. The largest absolute Gasteiger partial charge is 0.472 e. The fourth-order valence-corrected chi connectivity index (χ4v) is 3.79. The number of amides is 2. The second-order valence-corrected chi connectivity index (χ2v) is 6.95. The first kappa shape index (κ1) is 18.5. The average molecular weight is 362 g/mol. The van der Waals surface area contributed by atoms with Crippen LogP contribution in [0.2, 0.25) is 0 Å². The highest BCUT2D eigenvalue weighted by molar-refractivity contribution is 5.94. The van der Waals surface area contributed by atoms with Gasteiger partial charge in [0.2, 0.25) is 5.91 Å². The Hall–Kier alpha value is -2.31. The molecule has 26 heavy (non-hydrogen) atoms. The number of carbonyl (C=O) groups excluding carboxylic acids is 3. The van der Waals surface area contributed by atoms with Crippen molar-refractivity contribution in [2.24, 2.45) is 11.8 Å². The predicted octanol–water partition coefficient (Wildman–Crippen LogP) is 1.93. The molecule has 0 radical (unpaired) electrons. The van der Waals surface area contributed by atoms with Crippen LogP contribution in [0.25, 0.3) is 0 Å². The molecule has 2 saturated heterocycles. The minimum Gasteiger partial charge on any atom is -0.472 e. The van der Waals surface area contributed by atoms with E-state index < -0.39 is 0 Å². The Kier molecular flexibility index (Phi) is 5.96. The number of rotatable bonds is 4. The molecule has 2 amide bonds. The van der Waals surface area contributed by atoms with Crippen molar-refractivity contribution in [2.75, 3.05) is 32.8 Å². The van der Waals surface area contributed by atoms with Crippen molar-refractivity contribution in [3.05, 3.63) is 24.2 Å². The van der Waals surface area contributed by atoms with E-state index in [1.54, 1.807) is 17.9 Å². The number of ether oxygens (including phenoxy) is 1. The highest BCUT2D eigenvalue weighted by atomic mass is 16.5. The summed E-state index contributed by atoms with van der Waals surface area (Å²) in [5, 5.41) is 0. The van der Waals surface area contributed by atoms with Crippen LogP contribution in [0.15, 0.2) is 23.0 Å². The number of hydrogen-bond acceptors (Lipinski definition) is 5. The Bertz CT molecular complexity index is 634. The normalized spacial score (nSPS) is 21.5. The van der Waals surface area contributed by atoms with Gasteiger partial charge in [0.1, 0.15) is 6.26 Å². The molecule has 1 unspecified atom stereocenters. The number of piperidine rings is 2. The lowest BCUT2D eigenvalue weighted by Gasteiger charge is -2.37. The third kappa shape index (κ3) is 4.08. The van der Waals surface area contributed by atoms with Crippen LogP contribution in [0.3, 0.4) is 0 Å². The van der Waals surface area contributed by atoms with Crippen LogP contribution < -0.4 is 0 Å².